The van der Waals surface area contributed by atoms with E-state index in [-0.39, 0.29) is 22.3 Å². The predicted octanol–water partition coefficient (Wildman–Crippen LogP) is 5.28. The summed E-state index contributed by atoms with van der Waals surface area (Å²) in [4.78, 5) is 0.162. The molecule has 0 bridgehead atoms. The van der Waals surface area contributed by atoms with E-state index in [1.807, 2.05) is 25.2 Å². The average molecular weight is 416 g/mol. The second kappa shape index (κ2) is 8.84. The van der Waals surface area contributed by atoms with Crippen LogP contribution in [0.4, 0.5) is 8.78 Å². The molecule has 3 aromatic carbocycles. The van der Waals surface area contributed by atoms with E-state index in [0.717, 1.165) is 18.1 Å². The number of hydrogen-bond acceptors (Lipinski definition) is 3. The summed E-state index contributed by atoms with van der Waals surface area (Å²) in [7, 11) is -1.68. The Bertz CT molecular complexity index is 1090. The second-order valence-electron chi connectivity index (χ2n) is 6.90. The van der Waals surface area contributed by atoms with Crippen LogP contribution in [0.1, 0.15) is 30.5 Å². The van der Waals surface area contributed by atoms with E-state index in [4.69, 9.17) is 0 Å². The molecule has 0 saturated carbocycles. The molecule has 0 saturated heterocycles. The van der Waals surface area contributed by atoms with Crippen molar-refractivity contribution < 1.29 is 17.2 Å². The van der Waals surface area contributed by atoms with E-state index >= 15 is 0 Å². The average Bonchev–Trinajstić information content (AvgIpc) is 2.69. The lowest BCUT2D eigenvalue weighted by Crippen LogP contribution is -2.15. The number of rotatable bonds is 7. The van der Waals surface area contributed by atoms with Crippen molar-refractivity contribution in [2.24, 2.45) is 0 Å². The molecule has 0 spiro atoms. The number of benzene rings is 3. The molecule has 1 N–H and O–H groups in total. The number of nitrogens with one attached hydrogen (secondary N) is 1. The number of sulfone groups is 1. The van der Waals surface area contributed by atoms with E-state index in [9.17, 15) is 17.2 Å². The van der Waals surface area contributed by atoms with Crippen molar-refractivity contribution in [1.29, 1.82) is 0 Å². The minimum absolute atomic E-state index is 0.120. The summed E-state index contributed by atoms with van der Waals surface area (Å²) in [6.07, 6.45) is 0.897. The molecule has 6 heteroatoms. The third-order valence-electron chi connectivity index (χ3n) is 4.92. The molecule has 29 heavy (non-hydrogen) atoms. The molecule has 0 heterocycles. The summed E-state index contributed by atoms with van der Waals surface area (Å²) in [6.45, 7) is 2.07. The van der Waals surface area contributed by atoms with Gasteiger partial charge in [-0.15, -0.1) is 0 Å². The maximum Gasteiger partial charge on any atom is 0.182 e. The molecule has 0 fully saturated rings. The molecule has 0 aromatic heterocycles. The first-order valence-corrected chi connectivity index (χ1v) is 11.0. The van der Waals surface area contributed by atoms with Gasteiger partial charge in [0.05, 0.1) is 10.6 Å². The molecule has 0 aliphatic carbocycles. The molecule has 152 valence electrons. The first-order valence-electron chi connectivity index (χ1n) is 9.38. The third-order valence-corrected chi connectivity index (χ3v) is 6.63. The molecule has 0 unspecified atom stereocenters. The summed E-state index contributed by atoms with van der Waals surface area (Å²) < 4.78 is 52.7. The van der Waals surface area contributed by atoms with Crippen LogP contribution >= 0.6 is 0 Å². The van der Waals surface area contributed by atoms with Crippen LogP contribution < -0.4 is 5.32 Å². The van der Waals surface area contributed by atoms with Gasteiger partial charge in [0.2, 0.25) is 0 Å². The van der Waals surface area contributed by atoms with Gasteiger partial charge in [0, 0.05) is 17.7 Å². The summed E-state index contributed by atoms with van der Waals surface area (Å²) in [5.41, 5.74) is 2.47. The van der Waals surface area contributed by atoms with Gasteiger partial charge < -0.3 is 5.32 Å². The summed E-state index contributed by atoms with van der Waals surface area (Å²) >= 11 is 0. The zero-order valence-corrected chi connectivity index (χ0v) is 17.1. The minimum atomic E-state index is -3.56. The lowest BCUT2D eigenvalue weighted by atomic mass is 10.0. The third kappa shape index (κ3) is 4.89. The Morgan fingerprint density at radius 2 is 1.69 bits per heavy atom. The molecule has 0 aliphatic rings. The highest BCUT2D eigenvalue weighted by atomic mass is 32.2. The van der Waals surface area contributed by atoms with Crippen molar-refractivity contribution in [2.75, 3.05) is 7.05 Å². The van der Waals surface area contributed by atoms with Gasteiger partial charge in [0.25, 0.3) is 0 Å². The van der Waals surface area contributed by atoms with Crippen molar-refractivity contribution in [2.45, 2.75) is 30.0 Å². The normalized spacial score (nSPS) is 12.7. The van der Waals surface area contributed by atoms with Crippen LogP contribution in [0.2, 0.25) is 0 Å². The smallest absolute Gasteiger partial charge is 0.182 e. The highest BCUT2D eigenvalue weighted by Gasteiger charge is 2.17. The van der Waals surface area contributed by atoms with Crippen molar-refractivity contribution >= 4 is 9.84 Å². The van der Waals surface area contributed by atoms with Gasteiger partial charge in [-0.25, -0.2) is 17.2 Å². The Labute approximate surface area is 170 Å². The first kappa shape index (κ1) is 21.1. The monoisotopic (exact) mass is 415 g/mol. The molecule has 3 aromatic rings. The largest absolute Gasteiger partial charge is 0.313 e. The lowest BCUT2D eigenvalue weighted by Gasteiger charge is -2.15. The van der Waals surface area contributed by atoms with E-state index in [0.29, 0.717) is 11.1 Å². The van der Waals surface area contributed by atoms with Gasteiger partial charge in [-0.05, 0) is 54.4 Å². The SMILES string of the molecule is CC[C@H](NC)c1cccc(CS(=O)(=O)c2ccc(-c3ccc(F)cc3F)cc2)c1. The summed E-state index contributed by atoms with van der Waals surface area (Å²) in [5, 5.41) is 3.22. The van der Waals surface area contributed by atoms with E-state index in [1.165, 1.54) is 36.4 Å². The molecular formula is C23H23F2NO2S. The van der Waals surface area contributed by atoms with Crippen LogP contribution in [0, 0.1) is 11.6 Å². The van der Waals surface area contributed by atoms with Crippen LogP contribution in [-0.4, -0.2) is 15.5 Å². The van der Waals surface area contributed by atoms with Crippen molar-refractivity contribution in [1.82, 2.24) is 5.32 Å². The Kier molecular flexibility index (Phi) is 6.45. The van der Waals surface area contributed by atoms with Gasteiger partial charge in [-0.3, -0.25) is 0 Å². The van der Waals surface area contributed by atoms with E-state index in [1.54, 1.807) is 6.07 Å². The van der Waals surface area contributed by atoms with Crippen LogP contribution in [0.15, 0.2) is 71.6 Å². The lowest BCUT2D eigenvalue weighted by molar-refractivity contribution is 0.576. The quantitative estimate of drug-likeness (QED) is 0.571. The highest BCUT2D eigenvalue weighted by Crippen LogP contribution is 2.26. The fourth-order valence-electron chi connectivity index (χ4n) is 3.37. The predicted molar refractivity (Wildman–Crippen MR) is 111 cm³/mol. The maximum absolute atomic E-state index is 14.0. The fourth-order valence-corrected chi connectivity index (χ4v) is 4.71. The highest BCUT2D eigenvalue weighted by molar-refractivity contribution is 7.90. The zero-order chi connectivity index (χ0) is 21.0. The van der Waals surface area contributed by atoms with Crippen molar-refractivity contribution in [3.63, 3.8) is 0 Å². The standard InChI is InChI=1S/C23H23F2NO2S/c1-3-23(26-2)18-6-4-5-16(13-18)15-29(27,28)20-10-7-17(8-11-20)21-12-9-19(24)14-22(21)25/h4-14,23,26H,3,15H2,1-2H3/t23-/m0/s1. The van der Waals surface area contributed by atoms with E-state index < -0.39 is 21.5 Å². The van der Waals surface area contributed by atoms with Gasteiger partial charge in [0.15, 0.2) is 9.84 Å². The molecule has 3 rings (SSSR count). The summed E-state index contributed by atoms with van der Waals surface area (Å²) in [5.74, 6) is -1.46. The summed E-state index contributed by atoms with van der Waals surface area (Å²) in [6, 6.07) is 17.0. The molecule has 1 atom stereocenters. The first-order chi connectivity index (χ1) is 13.8. The Morgan fingerprint density at radius 1 is 0.966 bits per heavy atom. The Morgan fingerprint density at radius 3 is 2.31 bits per heavy atom. The van der Waals surface area contributed by atoms with Gasteiger partial charge in [-0.1, -0.05) is 43.3 Å². The molecule has 0 radical (unpaired) electrons. The molecule has 0 aliphatic heterocycles. The number of halogens is 2. The van der Waals surface area contributed by atoms with E-state index in [2.05, 4.69) is 12.2 Å². The van der Waals surface area contributed by atoms with Gasteiger partial charge in [0.1, 0.15) is 11.6 Å². The molecule has 0 amide bonds. The van der Waals surface area contributed by atoms with Crippen LogP contribution in [0.3, 0.4) is 0 Å². The van der Waals surface area contributed by atoms with Crippen LogP contribution in [-0.2, 0) is 15.6 Å². The topological polar surface area (TPSA) is 46.2 Å². The van der Waals surface area contributed by atoms with Gasteiger partial charge in [-0.2, -0.15) is 0 Å². The van der Waals surface area contributed by atoms with Crippen molar-refractivity contribution in [3.05, 3.63) is 89.5 Å². The Balaban J connectivity index is 1.84. The van der Waals surface area contributed by atoms with Crippen LogP contribution in [0.5, 0.6) is 0 Å². The molecular weight excluding hydrogens is 392 g/mol. The van der Waals surface area contributed by atoms with Crippen LogP contribution in [0.25, 0.3) is 11.1 Å². The molecule has 3 nitrogen and oxygen atoms in total. The maximum atomic E-state index is 14.0. The number of hydrogen-bond donors (Lipinski definition) is 1. The van der Waals surface area contributed by atoms with Crippen molar-refractivity contribution in [3.8, 4) is 11.1 Å². The van der Waals surface area contributed by atoms with Gasteiger partial charge >= 0.3 is 0 Å². The fraction of sp³-hybridized carbons (Fsp3) is 0.217. The second-order valence-corrected chi connectivity index (χ2v) is 8.89. The zero-order valence-electron chi connectivity index (χ0n) is 16.3. The minimum Gasteiger partial charge on any atom is -0.313 e. The Hall–Kier alpha value is -2.57.